The van der Waals surface area contributed by atoms with Gasteiger partial charge >= 0.3 is 6.01 Å². The van der Waals surface area contributed by atoms with E-state index in [4.69, 9.17) is 88.3 Å². The molecule has 30 nitrogen and oxygen atoms in total. The number of nitrogens with two attached hydrogens (primary N) is 4. The van der Waals surface area contributed by atoms with Crippen LogP contribution in [0.1, 0.15) is 142 Å². The Bertz CT molecular complexity index is 6720. The van der Waals surface area contributed by atoms with Crippen LogP contribution in [0.3, 0.4) is 0 Å². The van der Waals surface area contributed by atoms with Crippen molar-refractivity contribution in [3.63, 3.8) is 0 Å². The molecule has 18 rings (SSSR count). The summed E-state index contributed by atoms with van der Waals surface area (Å²) in [6, 6.07) is 48.9. The minimum absolute atomic E-state index is 0.0206. The van der Waals surface area contributed by atoms with Gasteiger partial charge in [-0.25, -0.2) is 42.5 Å². The van der Waals surface area contributed by atoms with Crippen molar-refractivity contribution in [3.05, 3.63) is 386 Å². The summed E-state index contributed by atoms with van der Waals surface area (Å²) in [7, 11) is 0. The first kappa shape index (κ1) is 98.2. The number of pyridine rings is 2. The lowest BCUT2D eigenvalue weighted by atomic mass is 10.0. The van der Waals surface area contributed by atoms with Crippen LogP contribution < -0.4 is 63.6 Å². The molecule has 140 heavy (non-hydrogen) atoms. The normalized spacial score (nSPS) is 12.0. The highest BCUT2D eigenvalue weighted by atomic mass is 35.5. The number of aromatic nitrogens is 14. The fourth-order valence-corrected chi connectivity index (χ4v) is 14.4. The van der Waals surface area contributed by atoms with Crippen LogP contribution >= 0.6 is 46.4 Å². The molecule has 16 aromatic rings. The first-order chi connectivity index (χ1) is 67.2. The number of anilines is 4. The summed E-state index contributed by atoms with van der Waals surface area (Å²) in [6.07, 6.45) is 18.1. The molecule has 0 aliphatic heterocycles. The molecule has 0 amide bonds. The van der Waals surface area contributed by atoms with Crippen LogP contribution in [0.25, 0.3) is 44.5 Å². The van der Waals surface area contributed by atoms with Gasteiger partial charge in [-0.05, 0) is 196 Å². The molecule has 0 unspecified atom stereocenters. The average molecular weight is 1970 g/mol. The molecule has 0 radical (unpaired) electrons. The van der Waals surface area contributed by atoms with Crippen molar-refractivity contribution in [2.75, 3.05) is 22.9 Å². The summed E-state index contributed by atoms with van der Waals surface area (Å²) in [4.78, 5) is 130. The van der Waals surface area contributed by atoms with Gasteiger partial charge in [0.05, 0.1) is 66.3 Å². The highest BCUT2D eigenvalue weighted by Crippen LogP contribution is 2.40. The molecule has 2 saturated carbocycles. The van der Waals surface area contributed by atoms with Crippen LogP contribution in [-0.2, 0) is 25.7 Å². The van der Waals surface area contributed by atoms with Gasteiger partial charge in [-0.1, -0.05) is 125 Å². The van der Waals surface area contributed by atoms with E-state index in [1.165, 1.54) is 139 Å². The van der Waals surface area contributed by atoms with E-state index in [1.54, 1.807) is 136 Å². The molecule has 0 saturated heterocycles. The predicted molar refractivity (Wildman–Crippen MR) is 521 cm³/mol. The fraction of sp³-hybridized carbons (Fsp3) is 0.157. The molecule has 38 heteroatoms. The second-order valence-corrected chi connectivity index (χ2v) is 34.1. The molecular weight excluding hydrogens is 1890 g/mol. The summed E-state index contributed by atoms with van der Waals surface area (Å²) in [5.74, 6) is -0.979. The van der Waals surface area contributed by atoms with Crippen LogP contribution in [0.5, 0.6) is 46.4 Å². The molecule has 2 fully saturated rings. The number of ether oxygens (including phenoxy) is 4. The quantitative estimate of drug-likeness (QED) is 0.0201. The maximum Gasteiger partial charge on any atom is 0.321 e. The Balaban J connectivity index is 0.000000141. The largest absolute Gasteiger partial charge is 0.454 e. The van der Waals surface area contributed by atoms with Gasteiger partial charge < -0.3 is 41.9 Å². The first-order valence-corrected chi connectivity index (χ1v) is 44.8. The molecular formula is C102H82Cl4F4N18O12. The van der Waals surface area contributed by atoms with E-state index in [-0.39, 0.29) is 117 Å². The molecule has 0 spiro atoms. The summed E-state index contributed by atoms with van der Waals surface area (Å²) in [5.41, 5.74) is 26.5. The molecule has 8 aromatic carbocycles. The number of nitrogen functional groups attached to an aromatic ring is 4. The number of hydrogen-bond acceptors (Lipinski definition) is 26. The first-order valence-electron chi connectivity index (χ1n) is 43.3. The van der Waals surface area contributed by atoms with Crippen molar-refractivity contribution in [1.82, 2.24) is 69.0 Å². The number of halogens is 8. The van der Waals surface area contributed by atoms with E-state index in [9.17, 15) is 55.9 Å². The number of Topliss-reactive ketones (excluding diaryl/α,β-unsaturated/α-hetero) is 4. The van der Waals surface area contributed by atoms with Gasteiger partial charge in [0.1, 0.15) is 72.2 Å². The number of benzene rings is 8. The van der Waals surface area contributed by atoms with Gasteiger partial charge in [-0.3, -0.25) is 62.1 Å². The predicted octanol–water partition coefficient (Wildman–Crippen LogP) is 20.2. The Labute approximate surface area is 814 Å². The zero-order valence-electron chi connectivity index (χ0n) is 74.7. The van der Waals surface area contributed by atoms with Crippen LogP contribution in [0.15, 0.2) is 275 Å². The fourth-order valence-electron chi connectivity index (χ4n) is 13.7. The van der Waals surface area contributed by atoms with Gasteiger partial charge in [-0.2, -0.15) is 20.4 Å². The van der Waals surface area contributed by atoms with Crippen LogP contribution in [0.4, 0.5) is 40.3 Å². The van der Waals surface area contributed by atoms with Crippen molar-refractivity contribution in [2.45, 2.75) is 103 Å². The van der Waals surface area contributed by atoms with E-state index < -0.39 is 68.1 Å². The van der Waals surface area contributed by atoms with E-state index in [0.717, 1.165) is 25.7 Å². The molecule has 8 heterocycles. The summed E-state index contributed by atoms with van der Waals surface area (Å²) in [5, 5.41) is 18.2. The number of hydrogen-bond donors (Lipinski definition) is 4. The van der Waals surface area contributed by atoms with Gasteiger partial charge in [0.2, 0.25) is 27.6 Å². The topological polar surface area (TPSA) is 426 Å². The smallest absolute Gasteiger partial charge is 0.321 e. The second-order valence-electron chi connectivity index (χ2n) is 32.6. The number of carbonyl (C=O) groups is 4. The zero-order valence-corrected chi connectivity index (χ0v) is 77.7. The lowest BCUT2D eigenvalue weighted by Gasteiger charge is -2.13. The lowest BCUT2D eigenvalue weighted by molar-refractivity contribution is 0.0974. The van der Waals surface area contributed by atoms with Crippen molar-refractivity contribution < 1.29 is 55.7 Å². The van der Waals surface area contributed by atoms with Crippen LogP contribution in [0, 0.1) is 23.3 Å². The van der Waals surface area contributed by atoms with E-state index in [0.29, 0.717) is 112 Å². The molecule has 0 atom stereocenters. The Morgan fingerprint density at radius 1 is 0.350 bits per heavy atom. The van der Waals surface area contributed by atoms with E-state index >= 15 is 0 Å². The van der Waals surface area contributed by atoms with Crippen molar-refractivity contribution in [3.8, 4) is 90.9 Å². The maximum absolute atomic E-state index is 13.4. The third-order valence-electron chi connectivity index (χ3n) is 21.5. The van der Waals surface area contributed by atoms with Gasteiger partial charge in [-0.15, -0.1) is 0 Å². The summed E-state index contributed by atoms with van der Waals surface area (Å²) in [6.45, 7) is 7.52. The van der Waals surface area contributed by atoms with E-state index in [2.05, 4.69) is 50.3 Å². The third kappa shape index (κ3) is 24.4. The Morgan fingerprint density at radius 3 is 1.05 bits per heavy atom. The highest BCUT2D eigenvalue weighted by molar-refractivity contribution is 6.35. The molecule has 8 aromatic heterocycles. The van der Waals surface area contributed by atoms with E-state index in [1.807, 2.05) is 27.7 Å². The van der Waals surface area contributed by atoms with Gasteiger partial charge in [0, 0.05) is 102 Å². The molecule has 2 aliphatic rings. The molecule has 8 N–H and O–H groups in total. The molecule has 708 valence electrons. The molecule has 2 aliphatic carbocycles. The minimum atomic E-state index is -0.532. The SMILES string of the molecule is CC(C)n1cc(-c2ccc(F)cc2)c(=O)c(C(=O)Cc2ccc(Oc3cccc(N)c3Cl)nc2)n1.CC(C)n1cc(-c2ccc(F)cc2)c(=O)c(C(=O)Cc2cnc(Oc3cccc(N)c3Cl)nc2)n1.Nc1cccc(Oc2ccc(CC(=O)c3nn(C4CC4)cc(-c4ccc(F)cc4)c3=O)nc2)c1Cl.Nc1cccc(Oc2cnc(CC(=O)c3nn(C4CC4)cc(-c4ccc(F)cc4)c3=O)nc2)c1Cl. The third-order valence-corrected chi connectivity index (χ3v) is 23.1. The Hall–Kier alpha value is -16.3. The van der Waals surface area contributed by atoms with Gasteiger partial charge in [0.25, 0.3) is 0 Å². The van der Waals surface area contributed by atoms with Crippen LogP contribution in [0.2, 0.25) is 20.1 Å². The molecule has 0 bridgehead atoms. The van der Waals surface area contributed by atoms with Crippen molar-refractivity contribution in [2.24, 2.45) is 0 Å². The van der Waals surface area contributed by atoms with Crippen molar-refractivity contribution in [1.29, 1.82) is 0 Å². The monoisotopic (exact) mass is 1970 g/mol. The van der Waals surface area contributed by atoms with Crippen LogP contribution in [-0.4, -0.2) is 92.2 Å². The second kappa shape index (κ2) is 43.8. The minimum Gasteiger partial charge on any atom is -0.454 e. The lowest BCUT2D eigenvalue weighted by Crippen LogP contribution is -2.25. The Kier molecular flexibility index (Phi) is 30.7. The Morgan fingerprint density at radius 2 is 0.686 bits per heavy atom. The van der Waals surface area contributed by atoms with Crippen molar-refractivity contribution >= 4 is 92.3 Å². The maximum atomic E-state index is 13.4. The summed E-state index contributed by atoms with van der Waals surface area (Å²) < 4.78 is 82.5. The number of ketones is 4. The number of nitrogens with zero attached hydrogens (tertiary/aromatic N) is 14. The average Bonchev–Trinajstić information content (AvgIpc) is 1.35. The zero-order chi connectivity index (χ0) is 99.3. The summed E-state index contributed by atoms with van der Waals surface area (Å²) >= 11 is 24.6. The number of carbonyl (C=O) groups excluding carboxylic acids is 4. The number of rotatable bonds is 28. The highest BCUT2D eigenvalue weighted by Gasteiger charge is 2.31. The standard InChI is InChI=1S/C26H20ClFN4O3.C26H22ClFN4O3.C25H19ClFN5O3.C25H21ClFN5O3/c27-24-21(29)2-1-3-23(24)35-19-11-8-17(30-13-19)12-22(33)25-26(34)20(14-32(31-25)18-9-10-18)15-4-6-16(28)7-5-15;1-15(2)32-14-19(17-7-9-18(28)10-8-17)26(34)25(31-32)21(33)12-16-6-11-23(30-13-16)35-22-5-3-4-20(29)24(22)27;26-23-19(28)2-1-3-21(23)35-17-11-29-22(30-12-17)10-20(33)24-25(34)18(13-32(31-24)16-8-9-16)14-4-6-15(27)7-5-14;1-14(2)32-13-18(16-6-8-17(27)9-7-16)24(34)23(31-32)20(33)10-15-11-29-25(30-12-15)35-21-5-3-4-19(28)22(21)26/h1-8,11,13-14,18H,9-10,12,29H2;3-11,13-15H,12,29H2,1-2H3;1-7,11-13,16H,8-10,28H2;3-9,11-14H,10,28H2,1-2H3. The van der Waals surface area contributed by atoms with Gasteiger partial charge in [0.15, 0.2) is 57.4 Å².